The average molecular weight is 195 g/mol. The van der Waals surface area contributed by atoms with Crippen molar-refractivity contribution >= 4 is 11.7 Å². The third-order valence-electron chi connectivity index (χ3n) is 1.97. The smallest absolute Gasteiger partial charge is 0.312 e. The second-order valence-electron chi connectivity index (χ2n) is 3.26. The van der Waals surface area contributed by atoms with E-state index in [0.717, 1.165) is 18.9 Å². The molecule has 1 fully saturated rings. The standard InChI is InChI=1S/C8H9N3O3/c12-6-3-5(10-8(14)11-6)9-7(13)4-1-2-4/h3-4H,1-2H2,(H3,9,10,11,12,13,14). The van der Waals surface area contributed by atoms with Gasteiger partial charge in [0.1, 0.15) is 5.82 Å². The van der Waals surface area contributed by atoms with Crippen molar-refractivity contribution in [1.82, 2.24) is 9.97 Å². The summed E-state index contributed by atoms with van der Waals surface area (Å²) >= 11 is 0. The van der Waals surface area contributed by atoms with Crippen molar-refractivity contribution in [2.45, 2.75) is 12.8 Å². The van der Waals surface area contributed by atoms with Crippen LogP contribution in [0.15, 0.2) is 15.7 Å². The molecule has 0 saturated heterocycles. The zero-order chi connectivity index (χ0) is 10.1. The first-order valence-corrected chi connectivity index (χ1v) is 4.29. The van der Waals surface area contributed by atoms with Gasteiger partial charge in [0, 0.05) is 12.0 Å². The Balaban J connectivity index is 2.19. The summed E-state index contributed by atoms with van der Waals surface area (Å²) in [6.07, 6.45) is 1.75. The lowest BCUT2D eigenvalue weighted by atomic mass is 10.4. The number of amides is 1. The largest absolute Gasteiger partial charge is 0.327 e. The number of H-pyrrole nitrogens is 2. The van der Waals surface area contributed by atoms with Crippen LogP contribution in [-0.4, -0.2) is 15.9 Å². The molecule has 1 aliphatic rings. The van der Waals surface area contributed by atoms with Crippen molar-refractivity contribution in [3.8, 4) is 0 Å². The Labute approximate surface area is 78.4 Å². The van der Waals surface area contributed by atoms with E-state index >= 15 is 0 Å². The highest BCUT2D eigenvalue weighted by Crippen LogP contribution is 2.29. The zero-order valence-corrected chi connectivity index (χ0v) is 7.29. The molecule has 0 aromatic carbocycles. The summed E-state index contributed by atoms with van der Waals surface area (Å²) in [7, 11) is 0. The van der Waals surface area contributed by atoms with E-state index < -0.39 is 11.2 Å². The topological polar surface area (TPSA) is 94.8 Å². The highest BCUT2D eigenvalue weighted by molar-refractivity contribution is 5.93. The summed E-state index contributed by atoms with van der Waals surface area (Å²) in [5.41, 5.74) is -1.15. The van der Waals surface area contributed by atoms with Gasteiger partial charge in [-0.15, -0.1) is 0 Å². The summed E-state index contributed by atoms with van der Waals surface area (Å²) in [5, 5.41) is 2.47. The van der Waals surface area contributed by atoms with Crippen LogP contribution in [0.1, 0.15) is 12.8 Å². The second-order valence-corrected chi connectivity index (χ2v) is 3.26. The van der Waals surface area contributed by atoms with Crippen LogP contribution in [0.4, 0.5) is 5.82 Å². The molecule has 0 atom stereocenters. The van der Waals surface area contributed by atoms with Gasteiger partial charge in [-0.2, -0.15) is 0 Å². The number of aromatic amines is 2. The van der Waals surface area contributed by atoms with Gasteiger partial charge < -0.3 is 5.32 Å². The number of carbonyl (C=O) groups is 1. The molecule has 14 heavy (non-hydrogen) atoms. The second kappa shape index (κ2) is 3.13. The van der Waals surface area contributed by atoms with Gasteiger partial charge in [0.15, 0.2) is 0 Å². The van der Waals surface area contributed by atoms with Gasteiger partial charge in [-0.1, -0.05) is 0 Å². The number of rotatable bonds is 2. The van der Waals surface area contributed by atoms with Crippen molar-refractivity contribution in [1.29, 1.82) is 0 Å². The fraction of sp³-hybridized carbons (Fsp3) is 0.375. The Morgan fingerprint density at radius 2 is 2.07 bits per heavy atom. The Morgan fingerprint density at radius 3 is 2.64 bits per heavy atom. The first-order valence-electron chi connectivity index (χ1n) is 4.29. The number of hydrogen-bond acceptors (Lipinski definition) is 3. The quantitative estimate of drug-likeness (QED) is 0.588. The molecule has 0 spiro atoms. The van der Waals surface area contributed by atoms with Crippen molar-refractivity contribution in [2.75, 3.05) is 5.32 Å². The van der Waals surface area contributed by atoms with Crippen LogP contribution < -0.4 is 16.6 Å². The van der Waals surface area contributed by atoms with Gasteiger partial charge in [0.2, 0.25) is 5.91 Å². The van der Waals surface area contributed by atoms with Crippen LogP contribution in [0, 0.1) is 5.92 Å². The minimum absolute atomic E-state index is 0.0396. The highest BCUT2D eigenvalue weighted by atomic mass is 16.2. The van der Waals surface area contributed by atoms with E-state index in [1.165, 1.54) is 0 Å². The fourth-order valence-corrected chi connectivity index (χ4v) is 1.12. The van der Waals surface area contributed by atoms with E-state index in [-0.39, 0.29) is 17.6 Å². The Hall–Kier alpha value is -1.85. The summed E-state index contributed by atoms with van der Waals surface area (Å²) < 4.78 is 0. The molecule has 1 aliphatic carbocycles. The highest BCUT2D eigenvalue weighted by Gasteiger charge is 2.29. The molecule has 74 valence electrons. The normalized spacial score (nSPS) is 15.1. The summed E-state index contributed by atoms with van der Waals surface area (Å²) in [6, 6.07) is 1.14. The molecule has 1 amide bonds. The van der Waals surface area contributed by atoms with E-state index in [0.29, 0.717) is 0 Å². The van der Waals surface area contributed by atoms with E-state index in [1.54, 1.807) is 0 Å². The monoisotopic (exact) mass is 195 g/mol. The lowest BCUT2D eigenvalue weighted by Gasteiger charge is -2.01. The van der Waals surface area contributed by atoms with Crippen molar-refractivity contribution in [2.24, 2.45) is 5.92 Å². The maximum Gasteiger partial charge on any atom is 0.327 e. The van der Waals surface area contributed by atoms with Crippen LogP contribution in [-0.2, 0) is 4.79 Å². The Morgan fingerprint density at radius 1 is 1.36 bits per heavy atom. The number of anilines is 1. The summed E-state index contributed by atoms with van der Waals surface area (Å²) in [5.74, 6) is 0.0414. The van der Waals surface area contributed by atoms with Gasteiger partial charge >= 0.3 is 5.69 Å². The van der Waals surface area contributed by atoms with Gasteiger partial charge in [-0.25, -0.2) is 4.79 Å². The van der Waals surface area contributed by atoms with Crippen LogP contribution in [0.5, 0.6) is 0 Å². The van der Waals surface area contributed by atoms with E-state index in [2.05, 4.69) is 10.3 Å². The molecule has 2 rings (SSSR count). The van der Waals surface area contributed by atoms with Gasteiger partial charge in [-0.05, 0) is 12.8 Å². The minimum Gasteiger partial charge on any atom is -0.312 e. The van der Waals surface area contributed by atoms with Gasteiger partial charge in [0.05, 0.1) is 0 Å². The molecule has 0 aliphatic heterocycles. The van der Waals surface area contributed by atoms with E-state index in [1.807, 2.05) is 4.98 Å². The van der Waals surface area contributed by atoms with Crippen molar-refractivity contribution in [3.05, 3.63) is 26.9 Å². The van der Waals surface area contributed by atoms with Crippen LogP contribution in [0.2, 0.25) is 0 Å². The molecule has 6 heteroatoms. The molecule has 0 radical (unpaired) electrons. The third-order valence-corrected chi connectivity index (χ3v) is 1.97. The van der Waals surface area contributed by atoms with Crippen LogP contribution in [0.3, 0.4) is 0 Å². The van der Waals surface area contributed by atoms with Crippen LogP contribution >= 0.6 is 0 Å². The van der Waals surface area contributed by atoms with Crippen molar-refractivity contribution < 1.29 is 4.79 Å². The molecule has 6 nitrogen and oxygen atoms in total. The molecule has 0 unspecified atom stereocenters. The lowest BCUT2D eigenvalue weighted by molar-refractivity contribution is -0.117. The maximum atomic E-state index is 11.3. The zero-order valence-electron chi connectivity index (χ0n) is 7.29. The first-order chi connectivity index (χ1) is 6.65. The summed E-state index contributed by atoms with van der Waals surface area (Å²) in [4.78, 5) is 37.2. The molecule has 3 N–H and O–H groups in total. The molecule has 1 aromatic heterocycles. The predicted molar refractivity (Wildman–Crippen MR) is 49.0 cm³/mol. The van der Waals surface area contributed by atoms with Gasteiger partial charge in [-0.3, -0.25) is 19.6 Å². The number of hydrogen-bond donors (Lipinski definition) is 3. The van der Waals surface area contributed by atoms with Crippen molar-refractivity contribution in [3.63, 3.8) is 0 Å². The molecule has 0 bridgehead atoms. The number of nitrogens with one attached hydrogen (secondary N) is 3. The Bertz CT molecular complexity index is 441. The fourth-order valence-electron chi connectivity index (χ4n) is 1.12. The SMILES string of the molecule is O=C(Nc1cc(=O)[nH]c(=O)[nH]1)C1CC1. The number of aromatic nitrogens is 2. The Kier molecular flexibility index (Phi) is 1.95. The lowest BCUT2D eigenvalue weighted by Crippen LogP contribution is -2.25. The van der Waals surface area contributed by atoms with Crippen LogP contribution in [0.25, 0.3) is 0 Å². The molecular weight excluding hydrogens is 186 g/mol. The maximum absolute atomic E-state index is 11.3. The molecular formula is C8H9N3O3. The average Bonchev–Trinajstić information content (AvgIpc) is 2.82. The minimum atomic E-state index is -0.622. The first kappa shape index (κ1) is 8.74. The van der Waals surface area contributed by atoms with E-state index in [9.17, 15) is 14.4 Å². The number of carbonyl (C=O) groups excluding carboxylic acids is 1. The molecule has 1 saturated carbocycles. The third kappa shape index (κ3) is 1.90. The molecule has 1 heterocycles. The predicted octanol–water partition coefficient (Wildman–Crippen LogP) is -0.588. The summed E-state index contributed by atoms with van der Waals surface area (Å²) in [6.45, 7) is 0. The molecule has 1 aromatic rings. The van der Waals surface area contributed by atoms with E-state index in [4.69, 9.17) is 0 Å². The van der Waals surface area contributed by atoms with Gasteiger partial charge in [0.25, 0.3) is 5.56 Å².